The molecule has 1 saturated carbocycles. The summed E-state index contributed by atoms with van der Waals surface area (Å²) < 4.78 is 0. The van der Waals surface area contributed by atoms with Crippen LogP contribution in [0.4, 0.5) is 0 Å². The van der Waals surface area contributed by atoms with Crippen LogP contribution in [0.1, 0.15) is 38.2 Å². The second-order valence-corrected chi connectivity index (χ2v) is 7.30. The average Bonchev–Trinajstić information content (AvgIpc) is 3.10. The molecule has 2 aliphatic rings. The first kappa shape index (κ1) is 16.9. The summed E-state index contributed by atoms with van der Waals surface area (Å²) in [6.07, 6.45) is 3.55. The van der Waals surface area contributed by atoms with Gasteiger partial charge in [0, 0.05) is 32.2 Å². The summed E-state index contributed by atoms with van der Waals surface area (Å²) in [7, 11) is 0. The Hall–Kier alpha value is -0.940. The van der Waals surface area contributed by atoms with Crippen molar-refractivity contribution in [3.05, 3.63) is 35.9 Å². The van der Waals surface area contributed by atoms with Crippen LogP contribution >= 0.6 is 0 Å². The smallest absolute Gasteiger partial charge is 0.119 e. The fourth-order valence-corrected chi connectivity index (χ4v) is 4.33. The van der Waals surface area contributed by atoms with E-state index in [1.807, 2.05) is 30.3 Å². The number of benzene rings is 1. The van der Waals surface area contributed by atoms with E-state index in [0.29, 0.717) is 12.6 Å². The number of aliphatic hydroxyl groups is 2. The summed E-state index contributed by atoms with van der Waals surface area (Å²) in [6, 6.07) is 10.2. The molecule has 23 heavy (non-hydrogen) atoms. The van der Waals surface area contributed by atoms with Gasteiger partial charge in [-0.05, 0) is 31.2 Å². The highest BCUT2D eigenvalue weighted by Gasteiger charge is 2.46. The summed E-state index contributed by atoms with van der Waals surface area (Å²) in [5.41, 5.74) is -0.270. The molecule has 1 aromatic rings. The van der Waals surface area contributed by atoms with Gasteiger partial charge in [-0.15, -0.1) is 0 Å². The zero-order chi connectivity index (χ0) is 16.3. The first-order valence-corrected chi connectivity index (χ1v) is 9.02. The maximum Gasteiger partial charge on any atom is 0.119 e. The first-order valence-electron chi connectivity index (χ1n) is 9.02. The normalized spacial score (nSPS) is 27.7. The Morgan fingerprint density at radius 1 is 1.26 bits per heavy atom. The van der Waals surface area contributed by atoms with Gasteiger partial charge in [0.15, 0.2) is 0 Å². The number of aliphatic hydroxyl groups excluding tert-OH is 1. The van der Waals surface area contributed by atoms with Gasteiger partial charge in [-0.25, -0.2) is 0 Å². The lowest BCUT2D eigenvalue weighted by Gasteiger charge is -2.42. The van der Waals surface area contributed by atoms with Crippen LogP contribution in [0.5, 0.6) is 0 Å². The van der Waals surface area contributed by atoms with Crippen molar-refractivity contribution >= 4 is 0 Å². The lowest BCUT2D eigenvalue weighted by Crippen LogP contribution is -2.55. The Bertz CT molecular complexity index is 489. The molecule has 128 valence electrons. The van der Waals surface area contributed by atoms with E-state index in [0.717, 1.165) is 50.9 Å². The average molecular weight is 318 g/mol. The zero-order valence-corrected chi connectivity index (χ0v) is 14.1. The van der Waals surface area contributed by atoms with Crippen LogP contribution in [-0.4, -0.2) is 53.4 Å². The van der Waals surface area contributed by atoms with Crippen LogP contribution in [0.25, 0.3) is 0 Å². The second-order valence-electron chi connectivity index (χ2n) is 7.30. The number of β-amino-alcohol motifs (C(OH)–C–C–N with tert-alkyl or cyclic N) is 1. The lowest BCUT2D eigenvalue weighted by molar-refractivity contribution is -0.129. The fraction of sp³-hybridized carbons (Fsp3) is 0.684. The van der Waals surface area contributed by atoms with Gasteiger partial charge in [0.2, 0.25) is 0 Å². The molecular weight excluding hydrogens is 288 g/mol. The van der Waals surface area contributed by atoms with Gasteiger partial charge >= 0.3 is 0 Å². The monoisotopic (exact) mass is 318 g/mol. The van der Waals surface area contributed by atoms with Gasteiger partial charge in [0.25, 0.3) is 0 Å². The molecule has 3 atom stereocenters. The van der Waals surface area contributed by atoms with Crippen LogP contribution in [0, 0.1) is 5.92 Å². The van der Waals surface area contributed by atoms with E-state index in [-0.39, 0.29) is 5.92 Å². The molecule has 1 aromatic carbocycles. The second kappa shape index (κ2) is 7.31. The van der Waals surface area contributed by atoms with Crippen molar-refractivity contribution in [1.29, 1.82) is 0 Å². The Morgan fingerprint density at radius 3 is 2.61 bits per heavy atom. The molecule has 0 radical (unpaired) electrons. The molecule has 0 aromatic heterocycles. The van der Waals surface area contributed by atoms with Crippen molar-refractivity contribution in [2.45, 2.75) is 50.4 Å². The van der Waals surface area contributed by atoms with E-state index in [1.54, 1.807) is 0 Å². The number of nitrogens with one attached hydrogen (secondary N) is 1. The quantitative estimate of drug-likeness (QED) is 0.774. The van der Waals surface area contributed by atoms with Crippen LogP contribution in [0.2, 0.25) is 0 Å². The molecule has 0 bridgehead atoms. The molecule has 1 heterocycles. The minimum atomic E-state index is -1.13. The fourth-order valence-electron chi connectivity index (χ4n) is 4.33. The molecule has 1 aliphatic carbocycles. The molecule has 2 fully saturated rings. The molecule has 1 saturated heterocycles. The van der Waals surface area contributed by atoms with Crippen molar-refractivity contribution in [1.82, 2.24) is 10.2 Å². The van der Waals surface area contributed by atoms with Crippen molar-refractivity contribution in [2.24, 2.45) is 5.92 Å². The van der Waals surface area contributed by atoms with Crippen molar-refractivity contribution in [3.63, 3.8) is 0 Å². The van der Waals surface area contributed by atoms with E-state index in [2.05, 4.69) is 17.1 Å². The Balaban J connectivity index is 1.79. The first-order chi connectivity index (χ1) is 11.1. The van der Waals surface area contributed by atoms with Gasteiger partial charge in [0.1, 0.15) is 5.60 Å². The van der Waals surface area contributed by atoms with Gasteiger partial charge in [-0.2, -0.15) is 0 Å². The third-order valence-electron chi connectivity index (χ3n) is 5.61. The molecule has 3 unspecified atom stereocenters. The Morgan fingerprint density at radius 2 is 1.96 bits per heavy atom. The number of hydrogen-bond acceptors (Lipinski definition) is 4. The van der Waals surface area contributed by atoms with E-state index < -0.39 is 11.7 Å². The van der Waals surface area contributed by atoms with Gasteiger partial charge in [0.05, 0.1) is 6.10 Å². The molecule has 0 amide bonds. The van der Waals surface area contributed by atoms with Gasteiger partial charge in [-0.1, -0.05) is 43.2 Å². The predicted molar refractivity (Wildman–Crippen MR) is 92.2 cm³/mol. The third-order valence-corrected chi connectivity index (χ3v) is 5.61. The SMILES string of the molecule is CC1CN(CC(O)C(O)(c2ccccc2)C2CCCC2)CCN1. The lowest BCUT2D eigenvalue weighted by atomic mass is 9.76. The third kappa shape index (κ3) is 3.61. The Kier molecular flexibility index (Phi) is 5.37. The van der Waals surface area contributed by atoms with E-state index in [1.165, 1.54) is 0 Å². The summed E-state index contributed by atoms with van der Waals surface area (Å²) in [4.78, 5) is 2.27. The molecule has 3 N–H and O–H groups in total. The molecule has 4 nitrogen and oxygen atoms in total. The van der Waals surface area contributed by atoms with E-state index in [9.17, 15) is 10.2 Å². The number of nitrogens with zero attached hydrogens (tertiary/aromatic N) is 1. The number of rotatable bonds is 5. The topological polar surface area (TPSA) is 55.7 Å². The highest BCUT2D eigenvalue weighted by molar-refractivity contribution is 5.25. The van der Waals surface area contributed by atoms with Crippen LogP contribution < -0.4 is 5.32 Å². The summed E-state index contributed by atoms with van der Waals surface area (Å²) in [6.45, 7) is 5.50. The molecule has 4 heteroatoms. The molecule has 3 rings (SSSR count). The largest absolute Gasteiger partial charge is 0.388 e. The van der Waals surface area contributed by atoms with Gasteiger partial charge in [-0.3, -0.25) is 4.90 Å². The van der Waals surface area contributed by atoms with Crippen LogP contribution in [0.3, 0.4) is 0 Å². The summed E-state index contributed by atoms with van der Waals surface area (Å²) in [5.74, 6) is 0.153. The standard InChI is InChI=1S/C19H30N2O2/c1-15-13-21(12-11-20-15)14-18(22)19(23,17-9-5-6-10-17)16-7-3-2-4-8-16/h2-4,7-8,15,17-18,20,22-23H,5-6,9-14H2,1H3. The van der Waals surface area contributed by atoms with Crippen LogP contribution in [-0.2, 0) is 5.60 Å². The van der Waals surface area contributed by atoms with Gasteiger partial charge < -0.3 is 15.5 Å². The van der Waals surface area contributed by atoms with E-state index >= 15 is 0 Å². The van der Waals surface area contributed by atoms with Crippen LogP contribution in [0.15, 0.2) is 30.3 Å². The highest BCUT2D eigenvalue weighted by Crippen LogP contribution is 2.43. The number of hydrogen-bond donors (Lipinski definition) is 3. The Labute approximate surface area is 139 Å². The maximum absolute atomic E-state index is 11.6. The molecule has 1 aliphatic heterocycles. The molecular formula is C19H30N2O2. The highest BCUT2D eigenvalue weighted by atomic mass is 16.3. The molecule has 0 spiro atoms. The maximum atomic E-state index is 11.6. The summed E-state index contributed by atoms with van der Waals surface area (Å²) in [5, 5.41) is 26.0. The predicted octanol–water partition coefficient (Wildman–Crippen LogP) is 1.72. The minimum Gasteiger partial charge on any atom is -0.388 e. The summed E-state index contributed by atoms with van der Waals surface area (Å²) >= 11 is 0. The number of piperazine rings is 1. The zero-order valence-electron chi connectivity index (χ0n) is 14.1. The minimum absolute atomic E-state index is 0.153. The van der Waals surface area contributed by atoms with Crippen molar-refractivity contribution in [2.75, 3.05) is 26.2 Å². The van der Waals surface area contributed by atoms with Crippen molar-refractivity contribution in [3.8, 4) is 0 Å². The van der Waals surface area contributed by atoms with Crippen molar-refractivity contribution < 1.29 is 10.2 Å². The van der Waals surface area contributed by atoms with E-state index in [4.69, 9.17) is 0 Å².